The van der Waals surface area contributed by atoms with Crippen molar-refractivity contribution in [1.29, 1.82) is 0 Å². The normalized spacial score (nSPS) is 13.6. The van der Waals surface area contributed by atoms with Crippen LogP contribution in [0.1, 0.15) is 19.3 Å². The van der Waals surface area contributed by atoms with E-state index in [1.54, 1.807) is 0 Å². The van der Waals surface area contributed by atoms with Gasteiger partial charge in [-0.05, 0) is 36.9 Å². The largest absolute Gasteiger partial charge is 0.480 e. The Morgan fingerprint density at radius 3 is 1.69 bits per heavy atom. The molecule has 0 aliphatic rings. The quantitative estimate of drug-likeness (QED) is 0.161. The van der Waals surface area contributed by atoms with Gasteiger partial charge in [0.2, 0.25) is 23.6 Å². The summed E-state index contributed by atoms with van der Waals surface area (Å²) in [6.45, 7) is -0.285. The van der Waals surface area contributed by atoms with E-state index >= 15 is 0 Å². The summed E-state index contributed by atoms with van der Waals surface area (Å²) in [7, 11) is 0. The molecule has 3 atom stereocenters. The number of carbonyl (C=O) groups excluding carboxylic acids is 4. The van der Waals surface area contributed by atoms with Gasteiger partial charge >= 0.3 is 5.97 Å². The van der Waals surface area contributed by atoms with E-state index in [-0.39, 0.29) is 13.0 Å². The minimum Gasteiger partial charge on any atom is -0.480 e. The van der Waals surface area contributed by atoms with Crippen LogP contribution in [0.15, 0.2) is 0 Å². The van der Waals surface area contributed by atoms with E-state index in [0.29, 0.717) is 17.9 Å². The van der Waals surface area contributed by atoms with Crippen molar-refractivity contribution < 1.29 is 29.1 Å². The van der Waals surface area contributed by atoms with Gasteiger partial charge in [-0.15, -0.1) is 0 Å². The average Bonchev–Trinajstić information content (AvgIpc) is 2.66. The van der Waals surface area contributed by atoms with E-state index in [1.165, 1.54) is 23.5 Å². The van der Waals surface area contributed by atoms with Crippen molar-refractivity contribution in [1.82, 2.24) is 16.0 Å². The van der Waals surface area contributed by atoms with Crippen LogP contribution in [-0.2, 0) is 24.0 Å². The van der Waals surface area contributed by atoms with E-state index in [1.807, 2.05) is 12.5 Å². The Morgan fingerprint density at radius 2 is 1.31 bits per heavy atom. The second-order valence-electron chi connectivity index (χ2n) is 6.02. The van der Waals surface area contributed by atoms with Crippen molar-refractivity contribution >= 4 is 53.1 Å². The molecule has 0 radical (unpaired) electrons. The number of nitrogens with one attached hydrogen (secondary N) is 3. The number of carboxylic acids is 1. The van der Waals surface area contributed by atoms with Gasteiger partial charge in [-0.25, -0.2) is 4.79 Å². The molecule has 0 spiro atoms. The smallest absolute Gasteiger partial charge is 0.326 e. The molecule has 8 N–H and O–H groups in total. The lowest BCUT2D eigenvalue weighted by molar-refractivity contribution is -0.143. The third-order valence-electron chi connectivity index (χ3n) is 3.71. The zero-order chi connectivity index (χ0) is 22.4. The van der Waals surface area contributed by atoms with Crippen LogP contribution in [0.3, 0.4) is 0 Å². The molecule has 4 amide bonds. The summed E-state index contributed by atoms with van der Waals surface area (Å²) in [5.41, 5.74) is 10.3. The average molecular weight is 452 g/mol. The number of nitrogens with two attached hydrogens (primary N) is 2. The van der Waals surface area contributed by atoms with E-state index in [0.717, 1.165) is 0 Å². The molecule has 0 fully saturated rings. The number of primary amides is 1. The third-order valence-corrected chi connectivity index (χ3v) is 5.00. The molecular weight excluding hydrogens is 422 g/mol. The summed E-state index contributed by atoms with van der Waals surface area (Å²) in [5, 5.41) is 16.4. The number of rotatable bonds is 15. The highest BCUT2D eigenvalue weighted by Crippen LogP contribution is 2.06. The predicted octanol–water partition coefficient (Wildman–Crippen LogP) is -2.13. The molecule has 0 rings (SSSR count). The Kier molecular flexibility index (Phi) is 13.9. The Bertz CT molecular complexity index is 592. The molecule has 29 heavy (non-hydrogen) atoms. The molecule has 0 aliphatic heterocycles. The Hall–Kier alpha value is -1.99. The molecule has 0 heterocycles. The molecule has 13 heteroatoms. The number of aliphatic carboxylic acids is 1. The number of amides is 4. The molecule has 0 bridgehead atoms. The van der Waals surface area contributed by atoms with Gasteiger partial charge in [0.15, 0.2) is 0 Å². The first-order valence-corrected chi connectivity index (χ1v) is 11.5. The standard InChI is InChI=1S/C16H29N5O6S2/c1-28-5-3-9(19-13(23)8-17)14(24)20-10(4-6-29-2)15(25)21-11(16(26)27)7-12(18)22/h9-11H,3-8,17H2,1-2H3,(H2,18,22)(H,19,23)(H,20,24)(H,21,25)(H,26,27). The van der Waals surface area contributed by atoms with Crippen molar-refractivity contribution in [2.75, 3.05) is 30.6 Å². The van der Waals surface area contributed by atoms with E-state index in [2.05, 4.69) is 16.0 Å². The summed E-state index contributed by atoms with van der Waals surface area (Å²) < 4.78 is 0. The van der Waals surface area contributed by atoms with Gasteiger partial charge < -0.3 is 32.5 Å². The van der Waals surface area contributed by atoms with Gasteiger partial charge in [-0.2, -0.15) is 23.5 Å². The summed E-state index contributed by atoms with van der Waals surface area (Å²) in [6, 6.07) is -3.43. The molecule has 0 aromatic heterocycles. The fourth-order valence-corrected chi connectivity index (χ4v) is 3.15. The summed E-state index contributed by atoms with van der Waals surface area (Å²) >= 11 is 2.92. The third kappa shape index (κ3) is 11.6. The second-order valence-corrected chi connectivity index (χ2v) is 7.99. The highest BCUT2D eigenvalue weighted by Gasteiger charge is 2.29. The molecule has 3 unspecified atom stereocenters. The summed E-state index contributed by atoms with van der Waals surface area (Å²) in [4.78, 5) is 59.0. The maximum atomic E-state index is 12.6. The van der Waals surface area contributed by atoms with Crippen LogP contribution in [0, 0.1) is 0 Å². The Labute approximate surface area is 177 Å². The van der Waals surface area contributed by atoms with Crippen molar-refractivity contribution in [3.8, 4) is 0 Å². The Morgan fingerprint density at radius 1 is 0.862 bits per heavy atom. The van der Waals surface area contributed by atoms with Crippen LogP contribution < -0.4 is 27.4 Å². The van der Waals surface area contributed by atoms with Gasteiger partial charge in [-0.1, -0.05) is 0 Å². The minimum atomic E-state index is -1.50. The van der Waals surface area contributed by atoms with Gasteiger partial charge in [0.05, 0.1) is 13.0 Å². The Balaban J connectivity index is 5.27. The van der Waals surface area contributed by atoms with Crippen molar-refractivity contribution in [2.24, 2.45) is 11.5 Å². The SMILES string of the molecule is CSCCC(NC(=O)CN)C(=O)NC(CCSC)C(=O)NC(CC(N)=O)C(=O)O. The van der Waals surface area contributed by atoms with Crippen molar-refractivity contribution in [2.45, 2.75) is 37.4 Å². The van der Waals surface area contributed by atoms with Crippen molar-refractivity contribution in [3.63, 3.8) is 0 Å². The van der Waals surface area contributed by atoms with Gasteiger partial charge in [-0.3, -0.25) is 19.2 Å². The molecule has 0 aromatic rings. The molecule has 0 aromatic carbocycles. The van der Waals surface area contributed by atoms with Crippen LogP contribution in [0.4, 0.5) is 0 Å². The molecule has 0 aliphatic carbocycles. The highest BCUT2D eigenvalue weighted by atomic mass is 32.2. The van der Waals surface area contributed by atoms with Crippen LogP contribution in [-0.4, -0.2) is 83.4 Å². The lowest BCUT2D eigenvalue weighted by Gasteiger charge is -2.24. The number of hydrogen-bond donors (Lipinski definition) is 6. The monoisotopic (exact) mass is 451 g/mol. The first kappa shape index (κ1) is 27.0. The predicted molar refractivity (Wildman–Crippen MR) is 112 cm³/mol. The zero-order valence-electron chi connectivity index (χ0n) is 16.4. The summed E-state index contributed by atoms with van der Waals surface area (Å²) in [5.74, 6) is -3.05. The fourth-order valence-electron chi connectivity index (χ4n) is 2.21. The first-order chi connectivity index (χ1) is 13.7. The van der Waals surface area contributed by atoms with Gasteiger partial charge in [0, 0.05) is 0 Å². The number of hydrogen-bond acceptors (Lipinski definition) is 8. The van der Waals surface area contributed by atoms with Crippen LogP contribution >= 0.6 is 23.5 Å². The zero-order valence-corrected chi connectivity index (χ0v) is 18.1. The maximum absolute atomic E-state index is 12.6. The van der Waals surface area contributed by atoms with Gasteiger partial charge in [0.25, 0.3) is 0 Å². The van der Waals surface area contributed by atoms with Crippen LogP contribution in [0.25, 0.3) is 0 Å². The number of carboxylic acid groups (broad SMARTS) is 1. The topological polar surface area (TPSA) is 194 Å². The van der Waals surface area contributed by atoms with E-state index in [9.17, 15) is 24.0 Å². The molecular formula is C16H29N5O6S2. The first-order valence-electron chi connectivity index (χ1n) is 8.75. The molecule has 0 saturated carbocycles. The summed E-state index contributed by atoms with van der Waals surface area (Å²) in [6.07, 6.45) is 3.63. The number of thioether (sulfide) groups is 2. The fraction of sp³-hybridized carbons (Fsp3) is 0.688. The highest BCUT2D eigenvalue weighted by molar-refractivity contribution is 7.98. The molecule has 166 valence electrons. The lowest BCUT2D eigenvalue weighted by Crippen LogP contribution is -2.56. The maximum Gasteiger partial charge on any atom is 0.326 e. The van der Waals surface area contributed by atoms with Crippen molar-refractivity contribution in [3.05, 3.63) is 0 Å². The van der Waals surface area contributed by atoms with Crippen LogP contribution in [0.2, 0.25) is 0 Å². The van der Waals surface area contributed by atoms with E-state index in [4.69, 9.17) is 16.6 Å². The second kappa shape index (κ2) is 14.9. The van der Waals surface area contributed by atoms with Gasteiger partial charge in [0.1, 0.15) is 18.1 Å². The lowest BCUT2D eigenvalue weighted by atomic mass is 10.1. The number of carbonyl (C=O) groups is 5. The van der Waals surface area contributed by atoms with E-state index < -0.39 is 54.1 Å². The minimum absolute atomic E-state index is 0.224. The van der Waals surface area contributed by atoms with Crippen LogP contribution in [0.5, 0.6) is 0 Å². The molecule has 0 saturated heterocycles. The molecule has 11 nitrogen and oxygen atoms in total.